The van der Waals surface area contributed by atoms with E-state index in [4.69, 9.17) is 4.74 Å². The monoisotopic (exact) mass is 395 g/mol. The third kappa shape index (κ3) is 4.23. The Morgan fingerprint density at radius 3 is 2.72 bits per heavy atom. The smallest absolute Gasteiger partial charge is 0.260 e. The van der Waals surface area contributed by atoms with Gasteiger partial charge in [-0.25, -0.2) is 4.39 Å². The normalized spacial score (nSPS) is 13.9. The van der Waals surface area contributed by atoms with Crippen molar-refractivity contribution in [2.75, 3.05) is 26.2 Å². The lowest BCUT2D eigenvalue weighted by Crippen LogP contribution is -2.56. The summed E-state index contributed by atoms with van der Waals surface area (Å²) < 4.78 is 18.7. The summed E-state index contributed by atoms with van der Waals surface area (Å²) in [6.07, 6.45) is 2.71. The van der Waals surface area contributed by atoms with Crippen molar-refractivity contribution in [3.8, 4) is 5.75 Å². The van der Waals surface area contributed by atoms with Crippen molar-refractivity contribution in [2.45, 2.75) is 6.42 Å². The molecule has 1 fully saturated rings. The van der Waals surface area contributed by atoms with Gasteiger partial charge in [-0.2, -0.15) is 0 Å². The number of para-hydroxylation sites is 2. The second kappa shape index (κ2) is 8.34. The molecular formula is C22H22FN3O3. The summed E-state index contributed by atoms with van der Waals surface area (Å²) in [5.74, 6) is -0.972. The number of carbonyl (C=O) groups is 2. The maximum Gasteiger partial charge on any atom is 0.260 e. The minimum atomic E-state index is -0.503. The molecule has 2 N–H and O–H groups in total. The molecule has 0 radical (unpaired) electrons. The fraction of sp³-hybridized carbons (Fsp3) is 0.273. The Labute approximate surface area is 167 Å². The molecule has 0 bridgehead atoms. The van der Waals surface area contributed by atoms with Gasteiger partial charge in [0.2, 0.25) is 5.91 Å². The van der Waals surface area contributed by atoms with Crippen LogP contribution in [0, 0.1) is 11.7 Å². The summed E-state index contributed by atoms with van der Waals surface area (Å²) >= 11 is 0. The van der Waals surface area contributed by atoms with Crippen molar-refractivity contribution in [1.82, 2.24) is 15.2 Å². The molecule has 0 unspecified atom stereocenters. The fourth-order valence-electron chi connectivity index (χ4n) is 3.44. The van der Waals surface area contributed by atoms with Gasteiger partial charge in [0, 0.05) is 36.7 Å². The third-order valence-corrected chi connectivity index (χ3v) is 5.16. The van der Waals surface area contributed by atoms with E-state index in [1.54, 1.807) is 17.0 Å². The number of fused-ring (bicyclic) bond motifs is 1. The molecule has 2 amide bonds. The molecule has 2 heterocycles. The van der Waals surface area contributed by atoms with E-state index in [1.165, 1.54) is 12.1 Å². The molecule has 1 aromatic heterocycles. The summed E-state index contributed by atoms with van der Waals surface area (Å²) in [5.41, 5.74) is 2.25. The number of hydrogen-bond donors (Lipinski definition) is 2. The molecule has 0 spiro atoms. The second-order valence-corrected chi connectivity index (χ2v) is 7.12. The molecule has 4 rings (SSSR count). The zero-order chi connectivity index (χ0) is 20.2. The summed E-state index contributed by atoms with van der Waals surface area (Å²) in [6, 6.07) is 14.0. The first-order chi connectivity index (χ1) is 14.1. The SMILES string of the molecule is O=C(NCCc1c[nH]c2ccccc12)C1CN(C(=O)COc2ccccc2F)C1. The third-order valence-electron chi connectivity index (χ3n) is 5.16. The number of H-pyrrole nitrogens is 1. The largest absolute Gasteiger partial charge is 0.481 e. The quantitative estimate of drug-likeness (QED) is 0.646. The van der Waals surface area contributed by atoms with E-state index in [9.17, 15) is 14.0 Å². The predicted octanol–water partition coefficient (Wildman–Crippen LogP) is 2.50. The van der Waals surface area contributed by atoms with Crippen LogP contribution in [0.1, 0.15) is 5.56 Å². The predicted molar refractivity (Wildman–Crippen MR) is 107 cm³/mol. The number of likely N-dealkylation sites (tertiary alicyclic amines) is 1. The van der Waals surface area contributed by atoms with Crippen LogP contribution in [0.15, 0.2) is 54.7 Å². The first kappa shape index (κ1) is 19.0. The number of carbonyl (C=O) groups excluding carboxylic acids is 2. The highest BCUT2D eigenvalue weighted by Gasteiger charge is 2.35. The van der Waals surface area contributed by atoms with Crippen molar-refractivity contribution in [1.29, 1.82) is 0 Å². The second-order valence-electron chi connectivity index (χ2n) is 7.12. The number of rotatable bonds is 7. The Balaban J connectivity index is 1.18. The molecule has 7 heteroatoms. The lowest BCUT2D eigenvalue weighted by molar-refractivity contribution is -0.144. The summed E-state index contributed by atoms with van der Waals surface area (Å²) in [7, 11) is 0. The van der Waals surface area contributed by atoms with Gasteiger partial charge >= 0.3 is 0 Å². The zero-order valence-corrected chi connectivity index (χ0v) is 15.9. The van der Waals surface area contributed by atoms with Gasteiger partial charge in [-0.05, 0) is 30.2 Å². The van der Waals surface area contributed by atoms with Crippen LogP contribution in [0.25, 0.3) is 10.9 Å². The number of nitrogens with zero attached hydrogens (tertiary/aromatic N) is 1. The highest BCUT2D eigenvalue weighted by atomic mass is 19.1. The molecule has 150 valence electrons. The van der Waals surface area contributed by atoms with E-state index < -0.39 is 5.82 Å². The highest BCUT2D eigenvalue weighted by molar-refractivity contribution is 5.85. The lowest BCUT2D eigenvalue weighted by atomic mass is 9.99. The van der Waals surface area contributed by atoms with Crippen molar-refractivity contribution in [3.05, 3.63) is 66.1 Å². The first-order valence-corrected chi connectivity index (χ1v) is 9.59. The number of amides is 2. The van der Waals surface area contributed by atoms with Crippen LogP contribution in [0.2, 0.25) is 0 Å². The minimum absolute atomic E-state index is 0.0490. The molecule has 1 aliphatic rings. The lowest BCUT2D eigenvalue weighted by Gasteiger charge is -2.38. The van der Waals surface area contributed by atoms with E-state index in [0.717, 1.165) is 22.9 Å². The van der Waals surface area contributed by atoms with Gasteiger partial charge in [-0.15, -0.1) is 0 Å². The molecule has 0 saturated carbocycles. The zero-order valence-electron chi connectivity index (χ0n) is 15.9. The number of halogens is 1. The number of benzene rings is 2. The number of ether oxygens (including phenoxy) is 1. The van der Waals surface area contributed by atoms with Gasteiger partial charge < -0.3 is 19.9 Å². The Kier molecular flexibility index (Phi) is 5.46. The van der Waals surface area contributed by atoms with Crippen LogP contribution < -0.4 is 10.1 Å². The van der Waals surface area contributed by atoms with Crippen LogP contribution in [0.3, 0.4) is 0 Å². The van der Waals surface area contributed by atoms with Gasteiger partial charge in [-0.3, -0.25) is 9.59 Å². The van der Waals surface area contributed by atoms with Crippen molar-refractivity contribution < 1.29 is 18.7 Å². The van der Waals surface area contributed by atoms with Crippen LogP contribution in [0.5, 0.6) is 5.75 Å². The Bertz CT molecular complexity index is 1030. The Morgan fingerprint density at radius 1 is 1.14 bits per heavy atom. The van der Waals surface area contributed by atoms with Gasteiger partial charge in [0.05, 0.1) is 5.92 Å². The number of nitrogens with one attached hydrogen (secondary N) is 2. The Morgan fingerprint density at radius 2 is 1.90 bits per heavy atom. The molecule has 3 aromatic rings. The average Bonchev–Trinajstić information content (AvgIpc) is 3.09. The maximum absolute atomic E-state index is 13.5. The molecule has 1 saturated heterocycles. The minimum Gasteiger partial charge on any atom is -0.481 e. The van der Waals surface area contributed by atoms with Gasteiger partial charge in [0.25, 0.3) is 5.91 Å². The first-order valence-electron chi connectivity index (χ1n) is 9.59. The van der Waals surface area contributed by atoms with Crippen molar-refractivity contribution in [2.24, 2.45) is 5.92 Å². The van der Waals surface area contributed by atoms with Crippen LogP contribution >= 0.6 is 0 Å². The molecule has 2 aromatic carbocycles. The average molecular weight is 395 g/mol. The molecular weight excluding hydrogens is 373 g/mol. The molecule has 6 nitrogen and oxygen atoms in total. The molecule has 29 heavy (non-hydrogen) atoms. The fourth-order valence-corrected chi connectivity index (χ4v) is 3.44. The Hall–Kier alpha value is -3.35. The highest BCUT2D eigenvalue weighted by Crippen LogP contribution is 2.20. The van der Waals surface area contributed by atoms with Crippen LogP contribution in [-0.4, -0.2) is 47.9 Å². The maximum atomic E-state index is 13.5. The summed E-state index contributed by atoms with van der Waals surface area (Å²) in [4.78, 5) is 29.2. The van der Waals surface area contributed by atoms with E-state index in [1.807, 2.05) is 24.4 Å². The summed E-state index contributed by atoms with van der Waals surface area (Å²) in [5, 5.41) is 4.10. The van der Waals surface area contributed by atoms with Crippen molar-refractivity contribution >= 4 is 22.7 Å². The van der Waals surface area contributed by atoms with Crippen LogP contribution in [-0.2, 0) is 16.0 Å². The van der Waals surface area contributed by atoms with Gasteiger partial charge in [0.1, 0.15) is 0 Å². The van der Waals surface area contributed by atoms with E-state index in [0.29, 0.717) is 19.6 Å². The van der Waals surface area contributed by atoms with Crippen molar-refractivity contribution in [3.63, 3.8) is 0 Å². The van der Waals surface area contributed by atoms with Gasteiger partial charge in [0.15, 0.2) is 18.2 Å². The molecule has 0 aliphatic carbocycles. The van der Waals surface area contributed by atoms with E-state index in [2.05, 4.69) is 16.4 Å². The van der Waals surface area contributed by atoms with Gasteiger partial charge in [-0.1, -0.05) is 30.3 Å². The number of aromatic nitrogens is 1. The standard InChI is InChI=1S/C22H22FN3O3/c23-18-6-2-4-8-20(18)29-14-21(27)26-12-16(13-26)22(28)24-10-9-15-11-25-19-7-3-1-5-17(15)19/h1-8,11,16,25H,9-10,12-14H2,(H,24,28). The van der Waals surface area contributed by atoms with E-state index >= 15 is 0 Å². The number of hydrogen-bond acceptors (Lipinski definition) is 3. The molecule has 1 aliphatic heterocycles. The summed E-state index contributed by atoms with van der Waals surface area (Å²) in [6.45, 7) is 1.02. The topological polar surface area (TPSA) is 74.4 Å². The van der Waals surface area contributed by atoms with Crippen LogP contribution in [0.4, 0.5) is 4.39 Å². The molecule has 0 atom stereocenters. The van der Waals surface area contributed by atoms with E-state index in [-0.39, 0.29) is 30.1 Å². The number of aromatic amines is 1.